The highest BCUT2D eigenvalue weighted by Crippen LogP contribution is 2.35. The van der Waals surface area contributed by atoms with Crippen LogP contribution in [0.1, 0.15) is 44.1 Å². The van der Waals surface area contributed by atoms with Gasteiger partial charge < -0.3 is 5.32 Å². The first kappa shape index (κ1) is 16.8. The Kier molecular flexibility index (Phi) is 5.72. The number of halogens is 3. The van der Waals surface area contributed by atoms with Gasteiger partial charge in [0.15, 0.2) is 0 Å². The number of aromatic nitrogens is 2. The zero-order valence-corrected chi connectivity index (χ0v) is 15.3. The number of hydrogen-bond acceptors (Lipinski definition) is 2. The van der Waals surface area contributed by atoms with Crippen molar-refractivity contribution >= 4 is 39.1 Å². The van der Waals surface area contributed by atoms with Gasteiger partial charge in [-0.05, 0) is 44.2 Å². The molecule has 1 aromatic heterocycles. The number of benzene rings is 1. The van der Waals surface area contributed by atoms with Crippen molar-refractivity contribution in [1.82, 2.24) is 15.1 Å². The summed E-state index contributed by atoms with van der Waals surface area (Å²) in [7, 11) is 0. The molecule has 0 spiro atoms. The van der Waals surface area contributed by atoms with Crippen molar-refractivity contribution in [3.8, 4) is 0 Å². The lowest BCUT2D eigenvalue weighted by Gasteiger charge is -2.23. The van der Waals surface area contributed by atoms with E-state index >= 15 is 0 Å². The fraction of sp³-hybridized carbons (Fsp3) is 0.400. The maximum atomic E-state index is 6.39. The molecule has 6 heteroatoms. The number of nitrogens with one attached hydrogen (secondary N) is 1. The third-order valence-corrected chi connectivity index (χ3v) is 4.36. The van der Waals surface area contributed by atoms with E-state index in [-0.39, 0.29) is 12.1 Å². The second kappa shape index (κ2) is 7.14. The molecule has 0 aliphatic carbocycles. The van der Waals surface area contributed by atoms with Crippen molar-refractivity contribution in [2.75, 3.05) is 6.54 Å². The van der Waals surface area contributed by atoms with E-state index < -0.39 is 0 Å². The van der Waals surface area contributed by atoms with Crippen LogP contribution < -0.4 is 5.32 Å². The van der Waals surface area contributed by atoms with Crippen molar-refractivity contribution in [1.29, 1.82) is 0 Å². The fourth-order valence-electron chi connectivity index (χ4n) is 2.33. The SMILES string of the molecule is CCNC(c1cc(Br)ccc1Cl)c1c(Cl)cnn1C(C)C. The van der Waals surface area contributed by atoms with Gasteiger partial charge in [0, 0.05) is 15.5 Å². The zero-order chi connectivity index (χ0) is 15.6. The van der Waals surface area contributed by atoms with Crippen molar-refractivity contribution < 1.29 is 0 Å². The lowest BCUT2D eigenvalue weighted by Crippen LogP contribution is -2.26. The summed E-state index contributed by atoms with van der Waals surface area (Å²) in [4.78, 5) is 0. The van der Waals surface area contributed by atoms with Gasteiger partial charge in [-0.25, -0.2) is 0 Å². The third kappa shape index (κ3) is 3.62. The summed E-state index contributed by atoms with van der Waals surface area (Å²) >= 11 is 16.3. The van der Waals surface area contributed by atoms with E-state index in [0.29, 0.717) is 10.0 Å². The second-order valence-corrected chi connectivity index (χ2v) is 6.80. The summed E-state index contributed by atoms with van der Waals surface area (Å²) < 4.78 is 2.92. The number of rotatable bonds is 5. The van der Waals surface area contributed by atoms with E-state index in [4.69, 9.17) is 23.2 Å². The average molecular weight is 391 g/mol. The van der Waals surface area contributed by atoms with Gasteiger partial charge >= 0.3 is 0 Å². The highest BCUT2D eigenvalue weighted by Gasteiger charge is 2.24. The molecule has 0 saturated carbocycles. The largest absolute Gasteiger partial charge is 0.305 e. The van der Waals surface area contributed by atoms with Gasteiger partial charge in [-0.1, -0.05) is 46.1 Å². The van der Waals surface area contributed by atoms with E-state index in [2.05, 4.69) is 47.1 Å². The normalized spacial score (nSPS) is 12.9. The highest BCUT2D eigenvalue weighted by molar-refractivity contribution is 9.10. The highest BCUT2D eigenvalue weighted by atomic mass is 79.9. The number of nitrogens with zero attached hydrogens (tertiary/aromatic N) is 2. The molecule has 114 valence electrons. The van der Waals surface area contributed by atoms with Gasteiger partial charge in [0.1, 0.15) is 0 Å². The van der Waals surface area contributed by atoms with Crippen molar-refractivity contribution in [3.63, 3.8) is 0 Å². The van der Waals surface area contributed by atoms with Crippen molar-refractivity contribution in [2.45, 2.75) is 32.9 Å². The second-order valence-electron chi connectivity index (χ2n) is 5.07. The quantitative estimate of drug-likeness (QED) is 0.757. The Labute approximate surface area is 143 Å². The van der Waals surface area contributed by atoms with Gasteiger partial charge in [0.2, 0.25) is 0 Å². The molecule has 1 aromatic carbocycles. The molecule has 1 N–H and O–H groups in total. The predicted octanol–water partition coefficient (Wildman–Crippen LogP) is 5.23. The third-order valence-electron chi connectivity index (χ3n) is 3.23. The molecule has 2 aromatic rings. The van der Waals surface area contributed by atoms with Gasteiger partial charge in [0.25, 0.3) is 0 Å². The van der Waals surface area contributed by atoms with E-state index in [9.17, 15) is 0 Å². The molecule has 1 unspecified atom stereocenters. The fourth-order valence-corrected chi connectivity index (χ4v) is 3.17. The predicted molar refractivity (Wildman–Crippen MR) is 92.3 cm³/mol. The first-order valence-electron chi connectivity index (χ1n) is 6.87. The Bertz CT molecular complexity index is 625. The van der Waals surface area contributed by atoms with E-state index in [1.54, 1.807) is 6.20 Å². The first-order valence-corrected chi connectivity index (χ1v) is 8.41. The lowest BCUT2D eigenvalue weighted by atomic mass is 10.0. The first-order chi connectivity index (χ1) is 9.95. The van der Waals surface area contributed by atoms with Gasteiger partial charge in [-0.15, -0.1) is 0 Å². The topological polar surface area (TPSA) is 29.9 Å². The van der Waals surface area contributed by atoms with Gasteiger partial charge in [0.05, 0.1) is 23.0 Å². The van der Waals surface area contributed by atoms with Crippen LogP contribution in [0.5, 0.6) is 0 Å². The molecule has 0 amide bonds. The Morgan fingerprint density at radius 2 is 2.00 bits per heavy atom. The van der Waals surface area contributed by atoms with Crippen molar-refractivity contribution in [2.24, 2.45) is 0 Å². The van der Waals surface area contributed by atoms with Crippen LogP contribution in [0, 0.1) is 0 Å². The smallest absolute Gasteiger partial charge is 0.0837 e. The van der Waals surface area contributed by atoms with Crippen LogP contribution in [0.15, 0.2) is 28.9 Å². The molecule has 1 atom stereocenters. The Hall–Kier alpha value is -0.550. The molecule has 0 aliphatic heterocycles. The average Bonchev–Trinajstić information content (AvgIpc) is 2.81. The summed E-state index contributed by atoms with van der Waals surface area (Å²) in [5.74, 6) is 0. The summed E-state index contributed by atoms with van der Waals surface area (Å²) in [5, 5.41) is 9.19. The minimum Gasteiger partial charge on any atom is -0.305 e. The summed E-state index contributed by atoms with van der Waals surface area (Å²) in [5.41, 5.74) is 1.92. The molecule has 0 aliphatic rings. The van der Waals surface area contributed by atoms with E-state index in [0.717, 1.165) is 22.3 Å². The molecule has 0 radical (unpaired) electrons. The van der Waals surface area contributed by atoms with Crippen molar-refractivity contribution in [3.05, 3.63) is 50.2 Å². The summed E-state index contributed by atoms with van der Waals surface area (Å²) in [6.45, 7) is 7.02. The van der Waals surface area contributed by atoms with Crippen LogP contribution in [0.3, 0.4) is 0 Å². The monoisotopic (exact) mass is 389 g/mol. The Morgan fingerprint density at radius 3 is 2.62 bits per heavy atom. The van der Waals surface area contributed by atoms with Gasteiger partial charge in [-0.3, -0.25) is 4.68 Å². The van der Waals surface area contributed by atoms with Crippen LogP contribution in [-0.2, 0) is 0 Å². The van der Waals surface area contributed by atoms with Crippen LogP contribution >= 0.6 is 39.1 Å². The van der Waals surface area contributed by atoms with E-state index in [1.807, 2.05) is 22.9 Å². The van der Waals surface area contributed by atoms with Gasteiger partial charge in [-0.2, -0.15) is 5.10 Å². The molecule has 0 fully saturated rings. The molecular weight excluding hydrogens is 373 g/mol. The molecule has 1 heterocycles. The molecule has 21 heavy (non-hydrogen) atoms. The summed E-state index contributed by atoms with van der Waals surface area (Å²) in [6.07, 6.45) is 1.69. The van der Waals surface area contributed by atoms with Crippen LogP contribution in [0.25, 0.3) is 0 Å². The maximum Gasteiger partial charge on any atom is 0.0837 e. The molecular formula is C15H18BrCl2N3. The molecule has 2 rings (SSSR count). The maximum absolute atomic E-state index is 6.39. The molecule has 0 bridgehead atoms. The Morgan fingerprint density at radius 1 is 1.29 bits per heavy atom. The zero-order valence-electron chi connectivity index (χ0n) is 12.2. The standard InChI is InChI=1S/C15H18BrCl2N3/c1-4-19-14(11-7-10(16)5-6-12(11)17)15-13(18)8-20-21(15)9(2)3/h5-9,14,19H,4H2,1-3H3. The van der Waals surface area contributed by atoms with Crippen LogP contribution in [0.4, 0.5) is 0 Å². The van der Waals surface area contributed by atoms with E-state index in [1.165, 1.54) is 0 Å². The Balaban J connectivity index is 2.59. The van der Waals surface area contributed by atoms with Crippen LogP contribution in [-0.4, -0.2) is 16.3 Å². The van der Waals surface area contributed by atoms with Crippen LogP contribution in [0.2, 0.25) is 10.0 Å². The molecule has 3 nitrogen and oxygen atoms in total. The number of hydrogen-bond donors (Lipinski definition) is 1. The summed E-state index contributed by atoms with van der Waals surface area (Å²) in [6, 6.07) is 5.95. The molecule has 0 saturated heterocycles. The lowest BCUT2D eigenvalue weighted by molar-refractivity contribution is 0.476. The minimum absolute atomic E-state index is 0.0996. The minimum atomic E-state index is -0.0996.